The number of amides is 1. The fourth-order valence-electron chi connectivity index (χ4n) is 1.96. The molecule has 2 rings (SSSR count). The van der Waals surface area contributed by atoms with E-state index in [4.69, 9.17) is 5.73 Å². The Bertz CT molecular complexity index is 661. The van der Waals surface area contributed by atoms with Gasteiger partial charge in [-0.05, 0) is 55.3 Å². The van der Waals surface area contributed by atoms with Crippen LogP contribution in [0.15, 0.2) is 34.8 Å². The Balaban J connectivity index is 2.30. The molecule has 0 aromatic heterocycles. The van der Waals surface area contributed by atoms with Crippen LogP contribution in [0.4, 0.5) is 11.4 Å². The maximum atomic E-state index is 12.2. The average Bonchev–Trinajstić information content (AvgIpc) is 2.38. The highest BCUT2D eigenvalue weighted by atomic mass is 79.9. The van der Waals surface area contributed by atoms with Crippen molar-refractivity contribution < 1.29 is 9.90 Å². The molecule has 0 bridgehead atoms. The molecule has 0 aliphatic carbocycles. The number of aromatic hydroxyl groups is 1. The molecule has 1 amide bonds. The van der Waals surface area contributed by atoms with Crippen LogP contribution in [0.3, 0.4) is 0 Å². The van der Waals surface area contributed by atoms with Crippen molar-refractivity contribution in [1.82, 2.24) is 0 Å². The summed E-state index contributed by atoms with van der Waals surface area (Å²) in [6.07, 6.45) is 0. The molecular weight excluding hydrogens is 320 g/mol. The van der Waals surface area contributed by atoms with Gasteiger partial charge in [0.05, 0.1) is 5.56 Å². The highest BCUT2D eigenvalue weighted by Crippen LogP contribution is 2.26. The normalized spacial score (nSPS) is 10.3. The Morgan fingerprint density at radius 1 is 1.20 bits per heavy atom. The number of rotatable bonds is 2. The van der Waals surface area contributed by atoms with Crippen molar-refractivity contribution in [2.24, 2.45) is 0 Å². The average molecular weight is 335 g/mol. The van der Waals surface area contributed by atoms with Crippen LogP contribution >= 0.6 is 15.9 Å². The molecule has 2 aromatic rings. The largest absolute Gasteiger partial charge is 0.508 e. The highest BCUT2D eigenvalue weighted by molar-refractivity contribution is 9.10. The van der Waals surface area contributed by atoms with Crippen LogP contribution in [0.2, 0.25) is 0 Å². The minimum atomic E-state index is -0.348. The summed E-state index contributed by atoms with van der Waals surface area (Å²) in [5.41, 5.74) is 9.08. The zero-order chi connectivity index (χ0) is 14.9. The van der Waals surface area contributed by atoms with Crippen molar-refractivity contribution >= 4 is 33.2 Å². The van der Waals surface area contributed by atoms with E-state index in [1.165, 1.54) is 18.2 Å². The second kappa shape index (κ2) is 5.54. The first-order valence-electron chi connectivity index (χ1n) is 6.05. The first kappa shape index (κ1) is 14.4. The molecule has 0 saturated carbocycles. The third-order valence-electron chi connectivity index (χ3n) is 2.98. The van der Waals surface area contributed by atoms with Crippen molar-refractivity contribution in [2.75, 3.05) is 11.1 Å². The molecule has 4 nitrogen and oxygen atoms in total. The number of nitrogen functional groups attached to an aromatic ring is 1. The van der Waals surface area contributed by atoms with Gasteiger partial charge in [-0.3, -0.25) is 4.79 Å². The molecule has 0 saturated heterocycles. The van der Waals surface area contributed by atoms with E-state index in [9.17, 15) is 9.90 Å². The molecule has 0 aliphatic heterocycles. The number of nitrogens with two attached hydrogens (primary N) is 1. The van der Waals surface area contributed by atoms with Crippen molar-refractivity contribution in [1.29, 1.82) is 0 Å². The lowest BCUT2D eigenvalue weighted by molar-refractivity contribution is 0.102. The van der Waals surface area contributed by atoms with E-state index in [0.717, 1.165) is 15.6 Å². The summed E-state index contributed by atoms with van der Waals surface area (Å²) in [7, 11) is 0. The lowest BCUT2D eigenvalue weighted by Crippen LogP contribution is -2.14. The second-order valence-electron chi connectivity index (χ2n) is 4.65. The fraction of sp³-hybridized carbons (Fsp3) is 0.133. The maximum Gasteiger partial charge on any atom is 0.257 e. The second-order valence-corrected chi connectivity index (χ2v) is 5.44. The topological polar surface area (TPSA) is 75.3 Å². The summed E-state index contributed by atoms with van der Waals surface area (Å²) < 4.78 is 1.02. The number of halogens is 1. The number of hydrogen-bond acceptors (Lipinski definition) is 3. The van der Waals surface area contributed by atoms with Crippen LogP contribution in [0.25, 0.3) is 0 Å². The molecule has 0 heterocycles. The van der Waals surface area contributed by atoms with E-state index in [2.05, 4.69) is 21.2 Å². The molecule has 0 fully saturated rings. The number of phenols is 1. The zero-order valence-corrected chi connectivity index (χ0v) is 12.8. The van der Waals surface area contributed by atoms with Gasteiger partial charge in [0.2, 0.25) is 0 Å². The van der Waals surface area contributed by atoms with E-state index in [-0.39, 0.29) is 17.2 Å². The van der Waals surface area contributed by atoms with Gasteiger partial charge in [-0.1, -0.05) is 15.9 Å². The summed E-state index contributed by atoms with van der Waals surface area (Å²) >= 11 is 3.48. The van der Waals surface area contributed by atoms with Gasteiger partial charge >= 0.3 is 0 Å². The Kier molecular flexibility index (Phi) is 3.99. The fourth-order valence-corrected chi connectivity index (χ4v) is 2.19. The smallest absolute Gasteiger partial charge is 0.257 e. The van der Waals surface area contributed by atoms with Crippen molar-refractivity contribution in [3.8, 4) is 5.75 Å². The zero-order valence-electron chi connectivity index (χ0n) is 11.2. The number of benzene rings is 2. The Morgan fingerprint density at radius 3 is 2.40 bits per heavy atom. The van der Waals surface area contributed by atoms with Crippen LogP contribution in [-0.2, 0) is 0 Å². The van der Waals surface area contributed by atoms with Gasteiger partial charge in [0.1, 0.15) is 5.75 Å². The van der Waals surface area contributed by atoms with Gasteiger partial charge in [0.15, 0.2) is 0 Å². The van der Waals surface area contributed by atoms with Gasteiger partial charge in [0, 0.05) is 15.8 Å². The van der Waals surface area contributed by atoms with Gasteiger partial charge < -0.3 is 16.2 Å². The summed E-state index contributed by atoms with van der Waals surface area (Å²) in [6.45, 7) is 3.91. The number of nitrogens with one attached hydrogen (secondary N) is 1. The van der Waals surface area contributed by atoms with Gasteiger partial charge in [0.25, 0.3) is 5.91 Å². The molecule has 20 heavy (non-hydrogen) atoms. The van der Waals surface area contributed by atoms with Gasteiger partial charge in [-0.15, -0.1) is 0 Å². The van der Waals surface area contributed by atoms with Crippen LogP contribution in [0.1, 0.15) is 21.5 Å². The number of phenolic OH excluding ortho intramolecular Hbond substituents is 1. The predicted molar refractivity (Wildman–Crippen MR) is 84.1 cm³/mol. The summed E-state index contributed by atoms with van der Waals surface area (Å²) in [5.74, 6) is -0.341. The first-order valence-corrected chi connectivity index (χ1v) is 6.84. The Labute approximate surface area is 125 Å². The molecule has 4 N–H and O–H groups in total. The number of carbonyl (C=O) groups is 1. The molecule has 5 heteroatoms. The van der Waals surface area contributed by atoms with Crippen molar-refractivity contribution in [3.05, 3.63) is 51.5 Å². The number of aryl methyl sites for hydroxylation is 2. The van der Waals surface area contributed by atoms with E-state index in [1.54, 1.807) is 0 Å². The third-order valence-corrected chi connectivity index (χ3v) is 4.23. The number of hydrogen-bond donors (Lipinski definition) is 3. The van der Waals surface area contributed by atoms with E-state index in [0.29, 0.717) is 11.4 Å². The SMILES string of the molecule is Cc1cc(NC(=O)c2cc(O)ccc2N)cc(C)c1Br. The molecule has 2 aromatic carbocycles. The Hall–Kier alpha value is -2.01. The van der Waals surface area contributed by atoms with Crippen LogP contribution in [0.5, 0.6) is 5.75 Å². The molecular formula is C15H15BrN2O2. The number of carbonyl (C=O) groups excluding carboxylic acids is 1. The minimum Gasteiger partial charge on any atom is -0.508 e. The van der Waals surface area contributed by atoms with Crippen LogP contribution in [0, 0.1) is 13.8 Å². The van der Waals surface area contributed by atoms with Crippen LogP contribution < -0.4 is 11.1 Å². The van der Waals surface area contributed by atoms with Crippen molar-refractivity contribution in [2.45, 2.75) is 13.8 Å². The molecule has 0 unspecified atom stereocenters. The molecule has 0 radical (unpaired) electrons. The standard InChI is InChI=1S/C15H15BrN2O2/c1-8-5-10(6-9(2)14(8)16)18-15(20)12-7-11(19)3-4-13(12)17/h3-7,19H,17H2,1-2H3,(H,18,20). The third kappa shape index (κ3) is 2.93. The summed E-state index contributed by atoms with van der Waals surface area (Å²) in [5, 5.41) is 12.2. The van der Waals surface area contributed by atoms with Crippen molar-refractivity contribution in [3.63, 3.8) is 0 Å². The highest BCUT2D eigenvalue weighted by Gasteiger charge is 2.12. The molecule has 0 atom stereocenters. The Morgan fingerprint density at radius 2 is 1.80 bits per heavy atom. The quantitative estimate of drug-likeness (QED) is 0.580. The van der Waals surface area contributed by atoms with E-state index < -0.39 is 0 Å². The lowest BCUT2D eigenvalue weighted by Gasteiger charge is -2.11. The van der Waals surface area contributed by atoms with Gasteiger partial charge in [-0.2, -0.15) is 0 Å². The summed E-state index contributed by atoms with van der Waals surface area (Å²) in [6, 6.07) is 8.04. The van der Waals surface area contributed by atoms with Crippen LogP contribution in [-0.4, -0.2) is 11.0 Å². The van der Waals surface area contributed by atoms with E-state index >= 15 is 0 Å². The van der Waals surface area contributed by atoms with E-state index in [1.807, 2.05) is 26.0 Å². The maximum absolute atomic E-state index is 12.2. The minimum absolute atomic E-state index is 0.00696. The monoisotopic (exact) mass is 334 g/mol. The number of anilines is 2. The molecule has 104 valence electrons. The first-order chi connectivity index (χ1) is 9.38. The lowest BCUT2D eigenvalue weighted by atomic mass is 10.1. The predicted octanol–water partition coefficient (Wildman–Crippen LogP) is 3.61. The summed E-state index contributed by atoms with van der Waals surface area (Å²) in [4.78, 5) is 12.2. The molecule has 0 spiro atoms. The van der Waals surface area contributed by atoms with Gasteiger partial charge in [-0.25, -0.2) is 0 Å². The molecule has 0 aliphatic rings.